The van der Waals surface area contributed by atoms with Gasteiger partial charge < -0.3 is 10.5 Å². The van der Waals surface area contributed by atoms with Gasteiger partial charge in [-0.2, -0.15) is 0 Å². The Hall–Kier alpha value is -2.13. The zero-order chi connectivity index (χ0) is 15.8. The number of hydrogen-bond acceptors (Lipinski definition) is 3. The molecule has 2 unspecified atom stereocenters. The van der Waals surface area contributed by atoms with Crippen LogP contribution in [-0.4, -0.2) is 12.0 Å². The second-order valence-electron chi connectivity index (χ2n) is 5.68. The van der Waals surface area contributed by atoms with E-state index >= 15 is 0 Å². The van der Waals surface area contributed by atoms with Crippen molar-refractivity contribution < 1.29 is 9.53 Å². The normalized spacial score (nSPS) is 13.4. The minimum Gasteiger partial charge on any atom is -0.461 e. The van der Waals surface area contributed by atoms with Crippen LogP contribution in [0.15, 0.2) is 60.7 Å². The zero-order valence-corrected chi connectivity index (χ0v) is 12.9. The Morgan fingerprint density at radius 3 is 2.14 bits per heavy atom. The van der Waals surface area contributed by atoms with Crippen LogP contribution in [0.1, 0.15) is 24.5 Å². The molecule has 2 N–H and O–H groups in total. The summed E-state index contributed by atoms with van der Waals surface area (Å²) in [4.78, 5) is 12.0. The van der Waals surface area contributed by atoms with Crippen molar-refractivity contribution in [3.8, 4) is 0 Å². The lowest BCUT2D eigenvalue weighted by Gasteiger charge is -2.16. The Morgan fingerprint density at radius 2 is 1.55 bits per heavy atom. The van der Waals surface area contributed by atoms with Gasteiger partial charge in [-0.15, -0.1) is 0 Å². The highest BCUT2D eigenvalue weighted by Crippen LogP contribution is 2.12. The Morgan fingerprint density at radius 1 is 1.00 bits per heavy atom. The van der Waals surface area contributed by atoms with Crippen LogP contribution in [0.4, 0.5) is 0 Å². The number of carbonyl (C=O) groups is 1. The molecule has 0 saturated heterocycles. The molecule has 0 saturated carbocycles. The SMILES string of the molecule is CC(CC(N)Cc1ccccc1)C(=O)OCc1ccccc1. The molecule has 0 heterocycles. The molecule has 3 nitrogen and oxygen atoms in total. The van der Waals surface area contributed by atoms with Crippen molar-refractivity contribution in [2.45, 2.75) is 32.4 Å². The first-order valence-electron chi connectivity index (χ1n) is 7.65. The van der Waals surface area contributed by atoms with Gasteiger partial charge in [0.05, 0.1) is 5.92 Å². The van der Waals surface area contributed by atoms with Gasteiger partial charge in [0.2, 0.25) is 0 Å². The Kier molecular flexibility index (Phi) is 6.16. The Balaban J connectivity index is 1.76. The van der Waals surface area contributed by atoms with Gasteiger partial charge in [-0.05, 0) is 24.0 Å². The Labute approximate surface area is 132 Å². The van der Waals surface area contributed by atoms with Crippen molar-refractivity contribution in [2.24, 2.45) is 11.7 Å². The predicted molar refractivity (Wildman–Crippen MR) is 88.1 cm³/mol. The van der Waals surface area contributed by atoms with E-state index in [1.807, 2.05) is 55.5 Å². The van der Waals surface area contributed by atoms with E-state index in [0.717, 1.165) is 12.0 Å². The number of rotatable bonds is 7. The van der Waals surface area contributed by atoms with Gasteiger partial charge in [-0.25, -0.2) is 0 Å². The van der Waals surface area contributed by atoms with Crippen LogP contribution in [0.3, 0.4) is 0 Å². The summed E-state index contributed by atoms with van der Waals surface area (Å²) in [7, 11) is 0. The molecule has 0 spiro atoms. The van der Waals surface area contributed by atoms with Gasteiger partial charge >= 0.3 is 5.97 Å². The molecule has 0 bridgehead atoms. The van der Waals surface area contributed by atoms with Crippen molar-refractivity contribution >= 4 is 5.97 Å². The number of nitrogens with two attached hydrogens (primary N) is 1. The molecule has 2 aromatic carbocycles. The second-order valence-corrected chi connectivity index (χ2v) is 5.68. The highest BCUT2D eigenvalue weighted by molar-refractivity contribution is 5.72. The molecular formula is C19H23NO2. The molecule has 22 heavy (non-hydrogen) atoms. The molecule has 0 fully saturated rings. The van der Waals surface area contributed by atoms with Crippen LogP contribution < -0.4 is 5.73 Å². The minimum absolute atomic E-state index is 0.0401. The summed E-state index contributed by atoms with van der Waals surface area (Å²) in [6, 6.07) is 19.7. The third kappa shape index (κ3) is 5.34. The summed E-state index contributed by atoms with van der Waals surface area (Å²) in [5.41, 5.74) is 8.34. The third-order valence-corrected chi connectivity index (χ3v) is 3.62. The zero-order valence-electron chi connectivity index (χ0n) is 12.9. The van der Waals surface area contributed by atoms with E-state index in [2.05, 4.69) is 12.1 Å². The van der Waals surface area contributed by atoms with Gasteiger partial charge in [0.15, 0.2) is 0 Å². The summed E-state index contributed by atoms with van der Waals surface area (Å²) in [5, 5.41) is 0. The van der Waals surface area contributed by atoms with Crippen molar-refractivity contribution in [1.29, 1.82) is 0 Å². The molecule has 0 aliphatic carbocycles. The Bertz CT molecular complexity index is 569. The first kappa shape index (κ1) is 16.2. The fourth-order valence-electron chi connectivity index (χ4n) is 2.42. The smallest absolute Gasteiger partial charge is 0.309 e. The number of carbonyl (C=O) groups excluding carboxylic acids is 1. The van der Waals surface area contributed by atoms with Crippen LogP contribution in [-0.2, 0) is 22.6 Å². The van der Waals surface area contributed by atoms with Crippen LogP contribution >= 0.6 is 0 Å². The monoisotopic (exact) mass is 297 g/mol. The summed E-state index contributed by atoms with van der Waals surface area (Å²) in [6.07, 6.45) is 1.40. The maximum absolute atomic E-state index is 12.0. The molecule has 2 aromatic rings. The second kappa shape index (κ2) is 8.35. The quantitative estimate of drug-likeness (QED) is 0.798. The lowest BCUT2D eigenvalue weighted by molar-refractivity contribution is -0.149. The molecule has 0 aromatic heterocycles. The lowest BCUT2D eigenvalue weighted by Crippen LogP contribution is -2.28. The molecule has 2 rings (SSSR count). The summed E-state index contributed by atoms with van der Waals surface area (Å²) < 4.78 is 5.35. The third-order valence-electron chi connectivity index (χ3n) is 3.62. The van der Waals surface area contributed by atoms with Crippen LogP contribution in [0.2, 0.25) is 0 Å². The highest BCUT2D eigenvalue weighted by atomic mass is 16.5. The van der Waals surface area contributed by atoms with Crippen LogP contribution in [0.5, 0.6) is 0 Å². The number of hydrogen-bond donors (Lipinski definition) is 1. The fraction of sp³-hybridized carbons (Fsp3) is 0.316. The fourth-order valence-corrected chi connectivity index (χ4v) is 2.42. The lowest BCUT2D eigenvalue weighted by atomic mass is 9.97. The average Bonchev–Trinajstić information content (AvgIpc) is 2.54. The molecular weight excluding hydrogens is 274 g/mol. The molecule has 0 aliphatic heterocycles. The van der Waals surface area contributed by atoms with E-state index in [0.29, 0.717) is 13.0 Å². The van der Waals surface area contributed by atoms with Crippen LogP contribution in [0.25, 0.3) is 0 Å². The van der Waals surface area contributed by atoms with Crippen molar-refractivity contribution in [1.82, 2.24) is 0 Å². The van der Waals surface area contributed by atoms with E-state index in [1.54, 1.807) is 0 Å². The molecule has 2 atom stereocenters. The average molecular weight is 297 g/mol. The van der Waals surface area contributed by atoms with E-state index in [4.69, 9.17) is 10.5 Å². The van der Waals surface area contributed by atoms with E-state index in [1.165, 1.54) is 5.56 Å². The number of ether oxygens (including phenoxy) is 1. The van der Waals surface area contributed by atoms with Gasteiger partial charge in [0.1, 0.15) is 6.61 Å². The van der Waals surface area contributed by atoms with Crippen molar-refractivity contribution in [3.63, 3.8) is 0 Å². The van der Waals surface area contributed by atoms with E-state index in [9.17, 15) is 4.79 Å². The maximum atomic E-state index is 12.0. The van der Waals surface area contributed by atoms with E-state index < -0.39 is 0 Å². The molecule has 0 radical (unpaired) electrons. The first-order valence-corrected chi connectivity index (χ1v) is 7.65. The highest BCUT2D eigenvalue weighted by Gasteiger charge is 2.18. The van der Waals surface area contributed by atoms with Gasteiger partial charge in [0, 0.05) is 6.04 Å². The van der Waals surface area contributed by atoms with Gasteiger partial charge in [-0.1, -0.05) is 67.6 Å². The maximum Gasteiger partial charge on any atom is 0.309 e. The molecule has 3 heteroatoms. The topological polar surface area (TPSA) is 52.3 Å². The largest absolute Gasteiger partial charge is 0.461 e. The predicted octanol–water partition coefficient (Wildman–Crippen LogP) is 3.33. The summed E-state index contributed by atoms with van der Waals surface area (Å²) >= 11 is 0. The number of benzene rings is 2. The minimum atomic E-state index is -0.192. The van der Waals surface area contributed by atoms with Gasteiger partial charge in [0.25, 0.3) is 0 Å². The summed E-state index contributed by atoms with van der Waals surface area (Å²) in [6.45, 7) is 2.19. The van der Waals surface area contributed by atoms with Gasteiger partial charge in [-0.3, -0.25) is 4.79 Å². The standard InChI is InChI=1S/C19H23NO2/c1-15(12-18(20)13-16-8-4-2-5-9-16)19(21)22-14-17-10-6-3-7-11-17/h2-11,15,18H,12-14,20H2,1H3. The van der Waals surface area contributed by atoms with Crippen molar-refractivity contribution in [2.75, 3.05) is 0 Å². The summed E-state index contributed by atoms with van der Waals surface area (Å²) in [5.74, 6) is -0.380. The first-order chi connectivity index (χ1) is 10.6. The number of esters is 1. The molecule has 116 valence electrons. The van der Waals surface area contributed by atoms with E-state index in [-0.39, 0.29) is 17.9 Å². The molecule has 0 amide bonds. The van der Waals surface area contributed by atoms with Crippen molar-refractivity contribution in [3.05, 3.63) is 71.8 Å². The molecule has 0 aliphatic rings. The van der Waals surface area contributed by atoms with Crippen LogP contribution in [0, 0.1) is 5.92 Å².